The molecular formula is C14H20ClNO2. The Morgan fingerprint density at radius 2 is 1.94 bits per heavy atom. The van der Waals surface area contributed by atoms with Gasteiger partial charge in [-0.3, -0.25) is 4.79 Å². The van der Waals surface area contributed by atoms with Crippen molar-refractivity contribution in [3.05, 3.63) is 28.8 Å². The van der Waals surface area contributed by atoms with Gasteiger partial charge < -0.3 is 9.64 Å². The first-order valence-electron chi connectivity index (χ1n) is 6.25. The SMILES string of the molecule is CCN(CC)C(=O)c1ccc(OC(C)C)c(Cl)c1. The van der Waals surface area contributed by atoms with Crippen molar-refractivity contribution in [1.29, 1.82) is 0 Å². The number of benzene rings is 1. The number of carbonyl (C=O) groups excluding carboxylic acids is 1. The molecule has 18 heavy (non-hydrogen) atoms. The lowest BCUT2D eigenvalue weighted by Crippen LogP contribution is -2.30. The van der Waals surface area contributed by atoms with Crippen molar-refractivity contribution in [2.75, 3.05) is 13.1 Å². The maximum atomic E-state index is 12.1. The molecule has 1 aromatic carbocycles. The third-order valence-electron chi connectivity index (χ3n) is 2.59. The minimum atomic E-state index is -0.00185. The van der Waals surface area contributed by atoms with Crippen molar-refractivity contribution in [2.24, 2.45) is 0 Å². The Labute approximate surface area is 114 Å². The van der Waals surface area contributed by atoms with Crippen molar-refractivity contribution in [3.8, 4) is 5.75 Å². The topological polar surface area (TPSA) is 29.5 Å². The monoisotopic (exact) mass is 269 g/mol. The Morgan fingerprint density at radius 3 is 2.39 bits per heavy atom. The number of ether oxygens (including phenoxy) is 1. The van der Waals surface area contributed by atoms with E-state index in [9.17, 15) is 4.79 Å². The number of nitrogens with zero attached hydrogens (tertiary/aromatic N) is 1. The van der Waals surface area contributed by atoms with Crippen LogP contribution in [-0.4, -0.2) is 30.0 Å². The molecule has 0 saturated carbocycles. The summed E-state index contributed by atoms with van der Waals surface area (Å²) in [6.07, 6.45) is 0.0619. The summed E-state index contributed by atoms with van der Waals surface area (Å²) in [6.45, 7) is 9.17. The zero-order chi connectivity index (χ0) is 13.7. The van der Waals surface area contributed by atoms with Crippen LogP contribution in [-0.2, 0) is 0 Å². The van der Waals surface area contributed by atoms with Crippen LogP contribution in [0, 0.1) is 0 Å². The van der Waals surface area contributed by atoms with E-state index >= 15 is 0 Å². The Hall–Kier alpha value is -1.22. The zero-order valence-electron chi connectivity index (χ0n) is 11.4. The third kappa shape index (κ3) is 3.64. The number of carbonyl (C=O) groups is 1. The van der Waals surface area contributed by atoms with Gasteiger partial charge in [0.1, 0.15) is 5.75 Å². The summed E-state index contributed by atoms with van der Waals surface area (Å²) >= 11 is 6.11. The van der Waals surface area contributed by atoms with Crippen molar-refractivity contribution < 1.29 is 9.53 Å². The van der Waals surface area contributed by atoms with Crippen LogP contribution in [0.2, 0.25) is 5.02 Å². The molecule has 0 radical (unpaired) electrons. The fourth-order valence-electron chi connectivity index (χ4n) is 1.68. The standard InChI is InChI=1S/C14H20ClNO2/c1-5-16(6-2)14(17)11-7-8-13(12(15)9-11)18-10(3)4/h7-10H,5-6H2,1-4H3. The molecule has 0 atom stereocenters. The first kappa shape index (κ1) is 14.8. The molecule has 1 amide bonds. The van der Waals surface area contributed by atoms with Gasteiger partial charge in [0.2, 0.25) is 0 Å². The van der Waals surface area contributed by atoms with E-state index in [0.29, 0.717) is 29.4 Å². The smallest absolute Gasteiger partial charge is 0.253 e. The van der Waals surface area contributed by atoms with Crippen LogP contribution >= 0.6 is 11.6 Å². The van der Waals surface area contributed by atoms with E-state index in [1.807, 2.05) is 27.7 Å². The number of amides is 1. The third-order valence-corrected chi connectivity index (χ3v) is 2.89. The van der Waals surface area contributed by atoms with Crippen LogP contribution in [0.3, 0.4) is 0 Å². The molecule has 1 rings (SSSR count). The van der Waals surface area contributed by atoms with Crippen LogP contribution in [0.1, 0.15) is 38.1 Å². The second kappa shape index (κ2) is 6.64. The first-order valence-corrected chi connectivity index (χ1v) is 6.62. The maximum Gasteiger partial charge on any atom is 0.253 e. The zero-order valence-corrected chi connectivity index (χ0v) is 12.1. The van der Waals surface area contributed by atoms with E-state index in [1.54, 1.807) is 23.1 Å². The van der Waals surface area contributed by atoms with Crippen molar-refractivity contribution in [3.63, 3.8) is 0 Å². The van der Waals surface area contributed by atoms with E-state index < -0.39 is 0 Å². The normalized spacial score (nSPS) is 10.6. The summed E-state index contributed by atoms with van der Waals surface area (Å²) in [5, 5.41) is 0.474. The average molecular weight is 270 g/mol. The largest absolute Gasteiger partial charge is 0.489 e. The van der Waals surface area contributed by atoms with Gasteiger partial charge in [-0.25, -0.2) is 0 Å². The highest BCUT2D eigenvalue weighted by atomic mass is 35.5. The lowest BCUT2D eigenvalue weighted by molar-refractivity contribution is 0.0773. The summed E-state index contributed by atoms with van der Waals surface area (Å²) in [5.41, 5.74) is 0.597. The number of hydrogen-bond donors (Lipinski definition) is 0. The molecule has 3 nitrogen and oxygen atoms in total. The fraction of sp³-hybridized carbons (Fsp3) is 0.500. The molecule has 0 bridgehead atoms. The summed E-state index contributed by atoms with van der Waals surface area (Å²) < 4.78 is 5.54. The van der Waals surface area contributed by atoms with Gasteiger partial charge in [0.25, 0.3) is 5.91 Å². The molecule has 4 heteroatoms. The molecule has 0 heterocycles. The maximum absolute atomic E-state index is 12.1. The van der Waals surface area contributed by atoms with Crippen molar-refractivity contribution in [2.45, 2.75) is 33.8 Å². The predicted molar refractivity (Wildman–Crippen MR) is 74.5 cm³/mol. The molecule has 0 aliphatic rings. The van der Waals surface area contributed by atoms with Crippen LogP contribution in [0.4, 0.5) is 0 Å². The number of hydrogen-bond acceptors (Lipinski definition) is 2. The molecule has 100 valence electrons. The van der Waals surface area contributed by atoms with E-state index in [-0.39, 0.29) is 12.0 Å². The highest BCUT2D eigenvalue weighted by Crippen LogP contribution is 2.26. The van der Waals surface area contributed by atoms with Crippen molar-refractivity contribution >= 4 is 17.5 Å². The summed E-state index contributed by atoms with van der Waals surface area (Å²) in [4.78, 5) is 13.9. The second-order valence-electron chi connectivity index (χ2n) is 4.29. The summed E-state index contributed by atoms with van der Waals surface area (Å²) in [6, 6.07) is 5.17. The van der Waals surface area contributed by atoms with Crippen LogP contribution in [0.5, 0.6) is 5.75 Å². The second-order valence-corrected chi connectivity index (χ2v) is 4.70. The quantitative estimate of drug-likeness (QED) is 0.817. The molecule has 0 spiro atoms. The molecule has 0 aromatic heterocycles. The van der Waals surface area contributed by atoms with Crippen LogP contribution < -0.4 is 4.74 Å². The number of halogens is 1. The molecule has 0 fully saturated rings. The molecule has 0 aliphatic heterocycles. The van der Waals surface area contributed by atoms with E-state index in [2.05, 4.69) is 0 Å². The summed E-state index contributed by atoms with van der Waals surface area (Å²) in [5.74, 6) is 0.612. The van der Waals surface area contributed by atoms with Crippen LogP contribution in [0.25, 0.3) is 0 Å². The van der Waals surface area contributed by atoms with Crippen molar-refractivity contribution in [1.82, 2.24) is 4.90 Å². The minimum absolute atomic E-state index is 0.00185. The molecular weight excluding hydrogens is 250 g/mol. The van der Waals surface area contributed by atoms with Gasteiger partial charge in [-0.15, -0.1) is 0 Å². The fourth-order valence-corrected chi connectivity index (χ4v) is 1.90. The van der Waals surface area contributed by atoms with Gasteiger partial charge in [0, 0.05) is 18.7 Å². The van der Waals surface area contributed by atoms with E-state index in [4.69, 9.17) is 16.3 Å². The van der Waals surface area contributed by atoms with Gasteiger partial charge in [-0.05, 0) is 45.9 Å². The minimum Gasteiger partial charge on any atom is -0.489 e. The molecule has 0 N–H and O–H groups in total. The van der Waals surface area contributed by atoms with E-state index in [1.165, 1.54) is 0 Å². The van der Waals surface area contributed by atoms with Gasteiger partial charge in [0.05, 0.1) is 11.1 Å². The van der Waals surface area contributed by atoms with E-state index in [0.717, 1.165) is 0 Å². The van der Waals surface area contributed by atoms with Gasteiger partial charge >= 0.3 is 0 Å². The Balaban J connectivity index is 2.93. The Morgan fingerprint density at radius 1 is 1.33 bits per heavy atom. The van der Waals surface area contributed by atoms with Gasteiger partial charge in [-0.1, -0.05) is 11.6 Å². The number of rotatable bonds is 5. The Kier molecular flexibility index (Phi) is 5.48. The highest BCUT2D eigenvalue weighted by molar-refractivity contribution is 6.32. The molecule has 0 aliphatic carbocycles. The lowest BCUT2D eigenvalue weighted by Gasteiger charge is -2.19. The highest BCUT2D eigenvalue weighted by Gasteiger charge is 2.14. The Bertz CT molecular complexity index is 414. The molecule has 1 aromatic rings. The predicted octanol–water partition coefficient (Wildman–Crippen LogP) is 3.61. The lowest BCUT2D eigenvalue weighted by atomic mass is 10.2. The van der Waals surface area contributed by atoms with Gasteiger partial charge in [0.15, 0.2) is 0 Å². The molecule has 0 saturated heterocycles. The average Bonchev–Trinajstić information content (AvgIpc) is 2.32. The first-order chi connectivity index (χ1) is 8.49. The summed E-state index contributed by atoms with van der Waals surface area (Å²) in [7, 11) is 0. The van der Waals surface area contributed by atoms with Crippen LogP contribution in [0.15, 0.2) is 18.2 Å². The molecule has 0 unspecified atom stereocenters. The van der Waals surface area contributed by atoms with Gasteiger partial charge in [-0.2, -0.15) is 0 Å².